The number of carbonyl (C=O) groups excluding carboxylic acids is 3. The lowest BCUT2D eigenvalue weighted by atomic mass is 10.6. The van der Waals surface area contributed by atoms with Crippen LogP contribution in [-0.2, 0) is 28.6 Å². The first-order valence-electron chi connectivity index (χ1n) is 7.74. The van der Waals surface area contributed by atoms with Gasteiger partial charge in [-0.2, -0.15) is 15.0 Å². The molecule has 144 valence electrons. The fourth-order valence-corrected chi connectivity index (χ4v) is 1.53. The second-order valence-corrected chi connectivity index (χ2v) is 4.80. The molecular weight excluding hydrogens is 348 g/mol. The number of rotatable bonds is 11. The Bertz CT molecular complexity index is 586. The van der Waals surface area contributed by atoms with Crippen LogP contribution in [0.3, 0.4) is 0 Å². The zero-order valence-corrected chi connectivity index (χ0v) is 14.8. The molecule has 1 aromatic rings. The minimum atomic E-state index is -0.453. The van der Waals surface area contributed by atoms with E-state index in [0.29, 0.717) is 13.1 Å². The van der Waals surface area contributed by atoms with E-state index in [1.165, 1.54) is 20.8 Å². The lowest BCUT2D eigenvalue weighted by Crippen LogP contribution is -2.19. The topological polar surface area (TPSA) is 154 Å². The van der Waals surface area contributed by atoms with Crippen molar-refractivity contribution in [2.24, 2.45) is 0 Å². The molecule has 0 saturated heterocycles. The van der Waals surface area contributed by atoms with Crippen molar-refractivity contribution in [2.45, 2.75) is 20.8 Å². The normalized spacial score (nSPS) is 9.81. The third-order valence-corrected chi connectivity index (χ3v) is 2.52. The minimum absolute atomic E-state index is 0.112. The van der Waals surface area contributed by atoms with E-state index in [1.54, 1.807) is 0 Å². The molecule has 1 rings (SSSR count). The lowest BCUT2D eigenvalue weighted by Gasteiger charge is -2.11. The Labute approximate surface area is 150 Å². The highest BCUT2D eigenvalue weighted by molar-refractivity contribution is 5.66. The van der Waals surface area contributed by atoms with E-state index in [1.807, 2.05) is 0 Å². The van der Waals surface area contributed by atoms with Crippen LogP contribution in [0.5, 0.6) is 0 Å². The second-order valence-electron chi connectivity index (χ2n) is 4.80. The molecule has 0 fully saturated rings. The number of hydrogen-bond acceptors (Lipinski definition) is 12. The van der Waals surface area contributed by atoms with Crippen LogP contribution in [0.2, 0.25) is 0 Å². The second kappa shape index (κ2) is 11.4. The summed E-state index contributed by atoms with van der Waals surface area (Å²) in [4.78, 5) is 44.6. The summed E-state index contributed by atoms with van der Waals surface area (Å²) in [5, 5.41) is 8.47. The summed E-state index contributed by atoms with van der Waals surface area (Å²) in [5.74, 6) is -0.643. The van der Waals surface area contributed by atoms with Gasteiger partial charge in [-0.15, -0.1) is 0 Å². The number of hydrogen-bond donors (Lipinski definition) is 3. The predicted molar refractivity (Wildman–Crippen MR) is 90.3 cm³/mol. The molecule has 0 radical (unpaired) electrons. The van der Waals surface area contributed by atoms with Gasteiger partial charge in [-0.25, -0.2) is 0 Å². The molecule has 0 aromatic carbocycles. The first-order valence-corrected chi connectivity index (χ1v) is 7.74. The van der Waals surface area contributed by atoms with Crippen molar-refractivity contribution in [1.29, 1.82) is 0 Å². The summed E-state index contributed by atoms with van der Waals surface area (Å²) in [6.07, 6.45) is 0. The standard InChI is InChI=1S/C14H22N6O6/c1-9(21)24-6-4-15-12-18-13(16-5-7-25-10(2)22)20-14(19-12)17-8-26-11(3)23/h4-8H2,1-3H3,(H3,15,16,17,18,19,20). The molecule has 1 heterocycles. The molecular formula is C14H22N6O6. The number of nitrogens with zero attached hydrogens (tertiary/aromatic N) is 3. The average Bonchev–Trinajstić information content (AvgIpc) is 2.55. The smallest absolute Gasteiger partial charge is 0.304 e. The third-order valence-electron chi connectivity index (χ3n) is 2.52. The number of carbonyl (C=O) groups is 3. The summed E-state index contributed by atoms with van der Waals surface area (Å²) < 4.78 is 14.4. The van der Waals surface area contributed by atoms with E-state index in [2.05, 4.69) is 30.9 Å². The van der Waals surface area contributed by atoms with Crippen molar-refractivity contribution < 1.29 is 28.6 Å². The highest BCUT2D eigenvalue weighted by Crippen LogP contribution is 2.09. The molecule has 12 heteroatoms. The van der Waals surface area contributed by atoms with Gasteiger partial charge in [0.15, 0.2) is 6.73 Å². The number of esters is 3. The van der Waals surface area contributed by atoms with Crippen LogP contribution in [-0.4, -0.2) is 65.9 Å². The van der Waals surface area contributed by atoms with Crippen LogP contribution in [0, 0.1) is 0 Å². The molecule has 0 aliphatic rings. The molecule has 0 unspecified atom stereocenters. The van der Waals surface area contributed by atoms with Crippen molar-refractivity contribution >= 4 is 35.8 Å². The molecule has 1 aromatic heterocycles. The zero-order valence-electron chi connectivity index (χ0n) is 14.8. The lowest BCUT2D eigenvalue weighted by molar-refractivity contribution is -0.141. The van der Waals surface area contributed by atoms with E-state index < -0.39 is 5.97 Å². The summed E-state index contributed by atoms with van der Waals surface area (Å²) in [7, 11) is 0. The van der Waals surface area contributed by atoms with Gasteiger partial charge < -0.3 is 30.2 Å². The van der Waals surface area contributed by atoms with E-state index in [9.17, 15) is 14.4 Å². The van der Waals surface area contributed by atoms with Crippen molar-refractivity contribution in [2.75, 3.05) is 49.0 Å². The highest BCUT2D eigenvalue weighted by atomic mass is 16.5. The maximum Gasteiger partial charge on any atom is 0.304 e. The van der Waals surface area contributed by atoms with E-state index >= 15 is 0 Å². The molecule has 0 spiro atoms. The Hall–Kier alpha value is -3.18. The number of nitrogens with one attached hydrogen (secondary N) is 3. The first-order chi connectivity index (χ1) is 12.4. The van der Waals surface area contributed by atoms with Gasteiger partial charge in [0.2, 0.25) is 17.8 Å². The molecule has 0 aliphatic heterocycles. The van der Waals surface area contributed by atoms with Gasteiger partial charge in [-0.05, 0) is 0 Å². The summed E-state index contributed by atoms with van der Waals surface area (Å²) >= 11 is 0. The van der Waals surface area contributed by atoms with Crippen LogP contribution in [0.4, 0.5) is 17.8 Å². The fraction of sp³-hybridized carbons (Fsp3) is 0.571. The zero-order chi connectivity index (χ0) is 19.4. The van der Waals surface area contributed by atoms with Crippen molar-refractivity contribution in [3.8, 4) is 0 Å². The van der Waals surface area contributed by atoms with Crippen LogP contribution in [0.1, 0.15) is 20.8 Å². The molecule has 0 bridgehead atoms. The highest BCUT2D eigenvalue weighted by Gasteiger charge is 2.07. The summed E-state index contributed by atoms with van der Waals surface area (Å²) in [6.45, 7) is 4.66. The fourth-order valence-electron chi connectivity index (χ4n) is 1.53. The van der Waals surface area contributed by atoms with Crippen molar-refractivity contribution in [3.05, 3.63) is 0 Å². The Kier molecular flexibility index (Phi) is 9.14. The van der Waals surface area contributed by atoms with E-state index in [4.69, 9.17) is 14.2 Å². The Morgan fingerprint density at radius 1 is 0.692 bits per heavy atom. The molecule has 3 N–H and O–H groups in total. The molecule has 26 heavy (non-hydrogen) atoms. The van der Waals surface area contributed by atoms with Crippen molar-refractivity contribution in [3.63, 3.8) is 0 Å². The average molecular weight is 370 g/mol. The molecule has 0 saturated carbocycles. The predicted octanol–water partition coefficient (Wildman–Crippen LogP) is -0.246. The SMILES string of the molecule is CC(=O)OCCNc1nc(NCCOC(C)=O)nc(NCOC(C)=O)n1. The number of aromatic nitrogens is 3. The Morgan fingerprint density at radius 2 is 1.08 bits per heavy atom. The van der Waals surface area contributed by atoms with E-state index in [0.717, 1.165) is 0 Å². The van der Waals surface area contributed by atoms with Crippen LogP contribution in [0.25, 0.3) is 0 Å². The number of ether oxygens (including phenoxy) is 3. The van der Waals surface area contributed by atoms with Gasteiger partial charge in [0.25, 0.3) is 0 Å². The van der Waals surface area contributed by atoms with Crippen LogP contribution >= 0.6 is 0 Å². The quantitative estimate of drug-likeness (QED) is 0.204. The molecule has 12 nitrogen and oxygen atoms in total. The molecule has 0 aliphatic carbocycles. The Morgan fingerprint density at radius 3 is 1.46 bits per heavy atom. The van der Waals surface area contributed by atoms with Gasteiger partial charge in [-0.1, -0.05) is 0 Å². The van der Waals surface area contributed by atoms with Gasteiger partial charge in [0, 0.05) is 20.8 Å². The van der Waals surface area contributed by atoms with Crippen molar-refractivity contribution in [1.82, 2.24) is 15.0 Å². The maximum atomic E-state index is 10.8. The number of anilines is 3. The first kappa shape index (κ1) is 20.9. The molecule has 0 amide bonds. The monoisotopic (exact) mass is 370 g/mol. The van der Waals surface area contributed by atoms with E-state index in [-0.39, 0.29) is 49.7 Å². The van der Waals surface area contributed by atoms with Gasteiger partial charge in [0.1, 0.15) is 13.2 Å². The Balaban J connectivity index is 2.66. The van der Waals surface area contributed by atoms with Crippen LogP contribution < -0.4 is 16.0 Å². The van der Waals surface area contributed by atoms with Gasteiger partial charge in [-0.3, -0.25) is 14.4 Å². The largest absolute Gasteiger partial charge is 0.464 e. The van der Waals surface area contributed by atoms with Gasteiger partial charge >= 0.3 is 17.9 Å². The third kappa shape index (κ3) is 9.85. The minimum Gasteiger partial charge on any atom is -0.464 e. The maximum absolute atomic E-state index is 10.8. The van der Waals surface area contributed by atoms with Gasteiger partial charge in [0.05, 0.1) is 13.1 Å². The van der Waals surface area contributed by atoms with Crippen LogP contribution in [0.15, 0.2) is 0 Å². The molecule has 0 atom stereocenters. The summed E-state index contributed by atoms with van der Waals surface area (Å²) in [5.41, 5.74) is 0. The summed E-state index contributed by atoms with van der Waals surface area (Å²) in [6, 6.07) is 0.